The van der Waals surface area contributed by atoms with Crippen LogP contribution in [0.1, 0.15) is 56.7 Å². The summed E-state index contributed by atoms with van der Waals surface area (Å²) in [6.45, 7) is 11.6. The van der Waals surface area contributed by atoms with E-state index in [1.54, 1.807) is 0 Å². The Bertz CT molecular complexity index is 1200. The Morgan fingerprint density at radius 1 is 1.18 bits per heavy atom. The van der Waals surface area contributed by atoms with Crippen molar-refractivity contribution in [2.45, 2.75) is 52.5 Å². The number of halogens is 1. The van der Waals surface area contributed by atoms with E-state index in [9.17, 15) is 18.8 Å². The predicted molar refractivity (Wildman–Crippen MR) is 127 cm³/mol. The van der Waals surface area contributed by atoms with Crippen LogP contribution in [0.25, 0.3) is 6.08 Å². The number of barbiturate groups is 1. The number of hydrogen-bond acceptors (Lipinski definition) is 4. The third-order valence-corrected chi connectivity index (χ3v) is 6.56. The third kappa shape index (κ3) is 3.92. The van der Waals surface area contributed by atoms with E-state index in [0.29, 0.717) is 5.92 Å². The molecule has 0 radical (unpaired) electrons. The SMILES string of the molecule is CCN1c2cc(C)c(/C=C3/C(=O)NC(=O)N(c4cccc(F)c4)C3=O)cc2C(C)CC1(C)C. The Morgan fingerprint density at radius 2 is 1.91 bits per heavy atom. The van der Waals surface area contributed by atoms with E-state index < -0.39 is 23.7 Å². The van der Waals surface area contributed by atoms with Gasteiger partial charge in [-0.15, -0.1) is 0 Å². The highest BCUT2D eigenvalue weighted by Gasteiger charge is 2.38. The monoisotopic (exact) mass is 449 g/mol. The molecule has 2 heterocycles. The van der Waals surface area contributed by atoms with Gasteiger partial charge in [-0.05, 0) is 93.1 Å². The highest BCUT2D eigenvalue weighted by Crippen LogP contribution is 2.44. The van der Waals surface area contributed by atoms with Crippen molar-refractivity contribution in [2.75, 3.05) is 16.3 Å². The summed E-state index contributed by atoms with van der Waals surface area (Å²) in [6, 6.07) is 8.38. The molecule has 4 rings (SSSR count). The highest BCUT2D eigenvalue weighted by atomic mass is 19.1. The number of aryl methyl sites for hydroxylation is 1. The summed E-state index contributed by atoms with van der Waals surface area (Å²) in [6.07, 6.45) is 2.50. The summed E-state index contributed by atoms with van der Waals surface area (Å²) >= 11 is 0. The molecular weight excluding hydrogens is 421 g/mol. The van der Waals surface area contributed by atoms with Crippen molar-refractivity contribution in [3.63, 3.8) is 0 Å². The van der Waals surface area contributed by atoms with Gasteiger partial charge in [-0.1, -0.05) is 13.0 Å². The van der Waals surface area contributed by atoms with Crippen LogP contribution in [0.5, 0.6) is 0 Å². The molecule has 4 amide bonds. The van der Waals surface area contributed by atoms with Crippen molar-refractivity contribution in [3.05, 3.63) is 64.5 Å². The molecule has 1 saturated heterocycles. The van der Waals surface area contributed by atoms with Crippen molar-refractivity contribution in [1.29, 1.82) is 0 Å². The third-order valence-electron chi connectivity index (χ3n) is 6.56. The van der Waals surface area contributed by atoms with E-state index in [4.69, 9.17) is 0 Å². The second-order valence-electron chi connectivity index (χ2n) is 9.37. The van der Waals surface area contributed by atoms with Gasteiger partial charge in [0, 0.05) is 17.8 Å². The number of nitrogens with one attached hydrogen (secondary N) is 1. The Labute approximate surface area is 193 Å². The first-order chi connectivity index (χ1) is 15.5. The summed E-state index contributed by atoms with van der Waals surface area (Å²) in [5, 5.41) is 2.19. The van der Waals surface area contributed by atoms with Gasteiger partial charge in [-0.2, -0.15) is 0 Å². The average Bonchev–Trinajstić information content (AvgIpc) is 2.71. The van der Waals surface area contributed by atoms with Crippen LogP contribution in [0.4, 0.5) is 20.6 Å². The van der Waals surface area contributed by atoms with Crippen LogP contribution in [0, 0.1) is 12.7 Å². The summed E-state index contributed by atoms with van der Waals surface area (Å²) in [4.78, 5) is 41.3. The lowest BCUT2D eigenvalue weighted by atomic mass is 9.79. The molecule has 2 aromatic rings. The van der Waals surface area contributed by atoms with E-state index in [0.717, 1.165) is 46.3 Å². The maximum Gasteiger partial charge on any atom is 0.335 e. The molecule has 33 heavy (non-hydrogen) atoms. The first-order valence-corrected chi connectivity index (χ1v) is 11.1. The lowest BCUT2D eigenvalue weighted by Crippen LogP contribution is -2.54. The molecule has 7 heteroatoms. The smallest absolute Gasteiger partial charge is 0.335 e. The largest absolute Gasteiger partial charge is 0.366 e. The van der Waals surface area contributed by atoms with Crippen molar-refractivity contribution >= 4 is 35.3 Å². The fourth-order valence-corrected chi connectivity index (χ4v) is 5.07. The first kappa shape index (κ1) is 22.7. The van der Waals surface area contributed by atoms with Crippen LogP contribution in [0.2, 0.25) is 0 Å². The zero-order chi connectivity index (χ0) is 24.1. The van der Waals surface area contributed by atoms with E-state index in [1.165, 1.54) is 24.3 Å². The molecule has 1 atom stereocenters. The van der Waals surface area contributed by atoms with E-state index in [2.05, 4.69) is 44.0 Å². The standard InChI is InChI=1S/C26H28FN3O3/c1-6-29-22-10-15(2)17(11-20(22)16(3)14-26(29,4)5)12-21-23(31)28-25(33)30(24(21)32)19-9-7-8-18(27)13-19/h7-13,16H,6,14H2,1-5H3,(H,28,31,33)/b21-12-. The van der Waals surface area contributed by atoms with Crippen LogP contribution in [0.3, 0.4) is 0 Å². The van der Waals surface area contributed by atoms with Crippen LogP contribution >= 0.6 is 0 Å². The number of carbonyl (C=O) groups excluding carboxylic acids is 3. The number of urea groups is 1. The Hall–Kier alpha value is -3.48. The Kier molecular flexibility index (Phi) is 5.60. The second kappa shape index (κ2) is 8.14. The number of hydrogen-bond donors (Lipinski definition) is 1. The summed E-state index contributed by atoms with van der Waals surface area (Å²) in [5.74, 6) is -1.83. The predicted octanol–water partition coefficient (Wildman–Crippen LogP) is 4.91. The minimum absolute atomic E-state index is 0.0264. The maximum absolute atomic E-state index is 13.7. The summed E-state index contributed by atoms with van der Waals surface area (Å²) < 4.78 is 13.7. The molecule has 2 aromatic carbocycles. The van der Waals surface area contributed by atoms with Crippen molar-refractivity contribution in [1.82, 2.24) is 5.32 Å². The average molecular weight is 450 g/mol. The molecule has 2 aliphatic rings. The topological polar surface area (TPSA) is 69.7 Å². The molecule has 0 bridgehead atoms. The van der Waals surface area contributed by atoms with Crippen LogP contribution in [0.15, 0.2) is 42.0 Å². The van der Waals surface area contributed by atoms with Crippen LogP contribution in [-0.4, -0.2) is 29.9 Å². The number of anilines is 2. The number of benzene rings is 2. The minimum atomic E-state index is -0.899. The fourth-order valence-electron chi connectivity index (χ4n) is 5.07. The fraction of sp³-hybridized carbons (Fsp3) is 0.346. The number of fused-ring (bicyclic) bond motifs is 1. The molecule has 2 aliphatic heterocycles. The highest BCUT2D eigenvalue weighted by molar-refractivity contribution is 6.39. The lowest BCUT2D eigenvalue weighted by Gasteiger charge is -2.47. The van der Waals surface area contributed by atoms with E-state index in [1.807, 2.05) is 13.0 Å². The van der Waals surface area contributed by atoms with Gasteiger partial charge in [0.25, 0.3) is 11.8 Å². The molecule has 1 unspecified atom stereocenters. The second-order valence-corrected chi connectivity index (χ2v) is 9.37. The van der Waals surface area contributed by atoms with E-state index in [-0.39, 0.29) is 16.8 Å². The molecule has 0 aromatic heterocycles. The summed E-state index contributed by atoms with van der Waals surface area (Å²) in [7, 11) is 0. The van der Waals surface area contributed by atoms with Crippen LogP contribution < -0.4 is 15.1 Å². The van der Waals surface area contributed by atoms with Gasteiger partial charge in [0.2, 0.25) is 0 Å². The van der Waals surface area contributed by atoms with Crippen molar-refractivity contribution in [2.24, 2.45) is 0 Å². The molecule has 1 fully saturated rings. The minimum Gasteiger partial charge on any atom is -0.366 e. The number of carbonyl (C=O) groups is 3. The Morgan fingerprint density at radius 3 is 2.58 bits per heavy atom. The normalized spacial score (nSPS) is 21.3. The lowest BCUT2D eigenvalue weighted by molar-refractivity contribution is -0.122. The first-order valence-electron chi connectivity index (χ1n) is 11.1. The molecule has 0 spiro atoms. The van der Waals surface area contributed by atoms with Gasteiger partial charge in [0.05, 0.1) is 5.69 Å². The zero-order valence-corrected chi connectivity index (χ0v) is 19.5. The summed E-state index contributed by atoms with van der Waals surface area (Å²) in [5.41, 5.74) is 3.90. The van der Waals surface area contributed by atoms with Crippen molar-refractivity contribution < 1.29 is 18.8 Å². The van der Waals surface area contributed by atoms with E-state index >= 15 is 0 Å². The molecule has 0 aliphatic carbocycles. The van der Waals surface area contributed by atoms with Crippen LogP contribution in [-0.2, 0) is 9.59 Å². The molecule has 172 valence electrons. The van der Waals surface area contributed by atoms with Gasteiger partial charge >= 0.3 is 6.03 Å². The van der Waals surface area contributed by atoms with Gasteiger partial charge < -0.3 is 4.90 Å². The molecule has 0 saturated carbocycles. The number of amides is 4. The maximum atomic E-state index is 13.7. The zero-order valence-electron chi connectivity index (χ0n) is 19.5. The number of imide groups is 2. The molecular formula is C26H28FN3O3. The van der Waals surface area contributed by atoms with Gasteiger partial charge in [0.1, 0.15) is 11.4 Å². The van der Waals surface area contributed by atoms with Gasteiger partial charge in [-0.3, -0.25) is 14.9 Å². The quantitative estimate of drug-likeness (QED) is 0.534. The molecule has 6 nitrogen and oxygen atoms in total. The number of rotatable bonds is 3. The molecule has 1 N–H and O–H groups in total. The number of nitrogens with zero attached hydrogens (tertiary/aromatic N) is 2. The van der Waals surface area contributed by atoms with Gasteiger partial charge in [0.15, 0.2) is 0 Å². The van der Waals surface area contributed by atoms with Gasteiger partial charge in [-0.25, -0.2) is 14.1 Å². The Balaban J connectivity index is 1.78. The van der Waals surface area contributed by atoms with Crippen molar-refractivity contribution in [3.8, 4) is 0 Å².